The maximum absolute atomic E-state index is 12.3. The van der Waals surface area contributed by atoms with E-state index in [1.165, 1.54) is 22.9 Å². The second kappa shape index (κ2) is 11.6. The number of thioether (sulfide) groups is 1. The number of carbonyl (C=O) groups excluding carboxylic acids is 1. The molecule has 0 aliphatic carbocycles. The van der Waals surface area contributed by atoms with Crippen LogP contribution < -0.4 is 14.8 Å². The van der Waals surface area contributed by atoms with Crippen LogP contribution in [0.5, 0.6) is 11.5 Å². The molecule has 3 aromatic rings. The van der Waals surface area contributed by atoms with E-state index in [0.29, 0.717) is 6.61 Å². The molecule has 0 fully saturated rings. The van der Waals surface area contributed by atoms with Crippen LogP contribution in [0, 0.1) is 6.92 Å². The number of carbonyl (C=O) groups is 1. The number of anilines is 1. The van der Waals surface area contributed by atoms with Crippen molar-refractivity contribution in [1.82, 2.24) is 14.8 Å². The molecule has 2 aromatic carbocycles. The molecular formula is C24H30N4O3S. The summed E-state index contributed by atoms with van der Waals surface area (Å²) in [5.41, 5.74) is 3.29. The molecule has 1 heterocycles. The number of hydrogen-bond acceptors (Lipinski definition) is 6. The standard InChI is InChI=1S/C24H30N4O3S/c1-5-31-20-13-10-19(11-14-20)25-23(29)16-32-24-27-26-22(28(24)3)8-6-7-18-9-12-21(30-4)15-17(18)2/h9-15H,5-8,16H2,1-4H3,(H,25,29). The first-order valence-corrected chi connectivity index (χ1v) is 11.7. The minimum atomic E-state index is -0.0845. The normalized spacial score (nSPS) is 10.8. The average Bonchev–Trinajstić information content (AvgIpc) is 3.14. The number of rotatable bonds is 11. The summed E-state index contributed by atoms with van der Waals surface area (Å²) in [7, 11) is 3.63. The van der Waals surface area contributed by atoms with E-state index in [1.54, 1.807) is 7.11 Å². The highest BCUT2D eigenvalue weighted by Crippen LogP contribution is 2.21. The number of hydrogen-bond donors (Lipinski definition) is 1. The highest BCUT2D eigenvalue weighted by Gasteiger charge is 2.12. The molecule has 0 aliphatic heterocycles. The Morgan fingerprint density at radius 2 is 1.84 bits per heavy atom. The maximum Gasteiger partial charge on any atom is 0.234 e. The molecule has 0 spiro atoms. The number of amides is 1. The van der Waals surface area contributed by atoms with Gasteiger partial charge >= 0.3 is 0 Å². The molecule has 1 amide bonds. The SMILES string of the molecule is CCOc1ccc(NC(=O)CSc2nnc(CCCc3ccc(OC)cc3C)n2C)cc1. The summed E-state index contributed by atoms with van der Waals surface area (Å²) in [4.78, 5) is 12.3. The Balaban J connectivity index is 1.46. The Bertz CT molecular complexity index is 1030. The van der Waals surface area contributed by atoms with Crippen LogP contribution in [-0.2, 0) is 24.7 Å². The van der Waals surface area contributed by atoms with Gasteiger partial charge in [0.25, 0.3) is 0 Å². The Labute approximate surface area is 193 Å². The van der Waals surface area contributed by atoms with E-state index in [0.717, 1.165) is 47.4 Å². The Kier molecular flexibility index (Phi) is 8.56. The molecule has 170 valence electrons. The van der Waals surface area contributed by atoms with Crippen molar-refractivity contribution in [3.63, 3.8) is 0 Å². The van der Waals surface area contributed by atoms with Crippen LogP contribution >= 0.6 is 11.8 Å². The third-order valence-electron chi connectivity index (χ3n) is 5.10. The van der Waals surface area contributed by atoms with E-state index in [4.69, 9.17) is 9.47 Å². The molecule has 7 nitrogen and oxygen atoms in total. The molecule has 8 heteroatoms. The van der Waals surface area contributed by atoms with Gasteiger partial charge in [0.15, 0.2) is 5.16 Å². The lowest BCUT2D eigenvalue weighted by Gasteiger charge is -2.08. The maximum atomic E-state index is 12.3. The van der Waals surface area contributed by atoms with Gasteiger partial charge in [-0.25, -0.2) is 0 Å². The number of nitrogens with zero attached hydrogens (tertiary/aromatic N) is 3. The quantitative estimate of drug-likeness (QED) is 0.432. The van der Waals surface area contributed by atoms with Gasteiger partial charge in [0, 0.05) is 19.2 Å². The van der Waals surface area contributed by atoms with Gasteiger partial charge in [-0.05, 0) is 74.2 Å². The number of aromatic nitrogens is 3. The molecule has 0 unspecified atom stereocenters. The fourth-order valence-electron chi connectivity index (χ4n) is 3.33. The molecular weight excluding hydrogens is 424 g/mol. The first-order chi connectivity index (χ1) is 15.5. The number of methoxy groups -OCH3 is 1. The fourth-order valence-corrected chi connectivity index (χ4v) is 4.06. The Morgan fingerprint density at radius 1 is 1.09 bits per heavy atom. The van der Waals surface area contributed by atoms with Crippen molar-refractivity contribution in [2.75, 3.05) is 24.8 Å². The highest BCUT2D eigenvalue weighted by atomic mass is 32.2. The van der Waals surface area contributed by atoms with Gasteiger partial charge in [-0.3, -0.25) is 4.79 Å². The van der Waals surface area contributed by atoms with Crippen LogP contribution in [0.15, 0.2) is 47.6 Å². The van der Waals surface area contributed by atoms with Crippen molar-refractivity contribution in [2.24, 2.45) is 7.05 Å². The van der Waals surface area contributed by atoms with Crippen molar-refractivity contribution in [3.05, 3.63) is 59.4 Å². The number of ether oxygens (including phenoxy) is 2. The van der Waals surface area contributed by atoms with Crippen molar-refractivity contribution >= 4 is 23.4 Å². The minimum absolute atomic E-state index is 0.0845. The largest absolute Gasteiger partial charge is 0.497 e. The van der Waals surface area contributed by atoms with Crippen LogP contribution in [0.25, 0.3) is 0 Å². The van der Waals surface area contributed by atoms with Crippen LogP contribution in [0.3, 0.4) is 0 Å². The van der Waals surface area contributed by atoms with Crippen molar-refractivity contribution in [1.29, 1.82) is 0 Å². The third-order valence-corrected chi connectivity index (χ3v) is 6.12. The van der Waals surface area contributed by atoms with E-state index in [2.05, 4.69) is 34.6 Å². The smallest absolute Gasteiger partial charge is 0.234 e. The Morgan fingerprint density at radius 3 is 2.53 bits per heavy atom. The first kappa shape index (κ1) is 23.7. The lowest BCUT2D eigenvalue weighted by atomic mass is 10.0. The second-order valence-electron chi connectivity index (χ2n) is 7.40. The topological polar surface area (TPSA) is 78.3 Å². The van der Waals surface area contributed by atoms with Crippen LogP contribution in [-0.4, -0.2) is 40.1 Å². The van der Waals surface area contributed by atoms with E-state index >= 15 is 0 Å². The van der Waals surface area contributed by atoms with Gasteiger partial charge in [-0.15, -0.1) is 10.2 Å². The monoisotopic (exact) mass is 454 g/mol. The van der Waals surface area contributed by atoms with Gasteiger partial charge in [-0.2, -0.15) is 0 Å². The third kappa shape index (κ3) is 6.50. The molecule has 0 bridgehead atoms. The number of aryl methyl sites for hydroxylation is 3. The highest BCUT2D eigenvalue weighted by molar-refractivity contribution is 7.99. The Hall–Kier alpha value is -3.00. The zero-order valence-electron chi connectivity index (χ0n) is 19.1. The van der Waals surface area contributed by atoms with E-state index in [1.807, 2.05) is 48.9 Å². The molecule has 32 heavy (non-hydrogen) atoms. The molecule has 0 saturated heterocycles. The summed E-state index contributed by atoms with van der Waals surface area (Å²) in [5, 5.41) is 12.2. The van der Waals surface area contributed by atoms with Crippen LogP contribution in [0.1, 0.15) is 30.3 Å². The van der Waals surface area contributed by atoms with Gasteiger partial charge in [0.05, 0.1) is 19.5 Å². The van der Waals surface area contributed by atoms with Crippen molar-refractivity contribution < 1.29 is 14.3 Å². The summed E-state index contributed by atoms with van der Waals surface area (Å²) in [5.74, 6) is 2.77. The zero-order chi connectivity index (χ0) is 22.9. The van der Waals surface area contributed by atoms with Gasteiger partial charge < -0.3 is 19.4 Å². The van der Waals surface area contributed by atoms with Gasteiger partial charge in [0.1, 0.15) is 17.3 Å². The predicted molar refractivity (Wildman–Crippen MR) is 128 cm³/mol. The lowest BCUT2D eigenvalue weighted by Crippen LogP contribution is -2.14. The van der Waals surface area contributed by atoms with Gasteiger partial charge in [0.2, 0.25) is 5.91 Å². The van der Waals surface area contributed by atoms with Crippen LogP contribution in [0.2, 0.25) is 0 Å². The summed E-state index contributed by atoms with van der Waals surface area (Å²) in [6, 6.07) is 13.5. The molecule has 3 rings (SSSR count). The first-order valence-electron chi connectivity index (χ1n) is 10.7. The molecule has 0 radical (unpaired) electrons. The van der Waals surface area contributed by atoms with Crippen molar-refractivity contribution in [3.8, 4) is 11.5 Å². The van der Waals surface area contributed by atoms with Gasteiger partial charge in [-0.1, -0.05) is 17.8 Å². The fraction of sp³-hybridized carbons (Fsp3) is 0.375. The van der Waals surface area contributed by atoms with E-state index < -0.39 is 0 Å². The summed E-state index contributed by atoms with van der Waals surface area (Å²) < 4.78 is 12.7. The van der Waals surface area contributed by atoms with Crippen LogP contribution in [0.4, 0.5) is 5.69 Å². The zero-order valence-corrected chi connectivity index (χ0v) is 19.9. The summed E-state index contributed by atoms with van der Waals surface area (Å²) in [6.07, 6.45) is 2.77. The molecule has 1 aromatic heterocycles. The van der Waals surface area contributed by atoms with E-state index in [-0.39, 0.29) is 11.7 Å². The summed E-state index contributed by atoms with van der Waals surface area (Å²) in [6.45, 7) is 4.66. The van der Waals surface area contributed by atoms with Crippen molar-refractivity contribution in [2.45, 2.75) is 38.3 Å². The average molecular weight is 455 g/mol. The lowest BCUT2D eigenvalue weighted by molar-refractivity contribution is -0.113. The predicted octanol–water partition coefficient (Wildman–Crippen LogP) is 4.44. The number of nitrogens with one attached hydrogen (secondary N) is 1. The second-order valence-corrected chi connectivity index (χ2v) is 8.34. The summed E-state index contributed by atoms with van der Waals surface area (Å²) >= 11 is 1.38. The minimum Gasteiger partial charge on any atom is -0.497 e. The number of benzene rings is 2. The molecule has 0 aliphatic rings. The van der Waals surface area contributed by atoms with E-state index in [9.17, 15) is 4.79 Å². The molecule has 1 N–H and O–H groups in total. The molecule has 0 atom stereocenters. The molecule has 0 saturated carbocycles.